The van der Waals surface area contributed by atoms with Crippen molar-refractivity contribution in [3.8, 4) is 16.9 Å². The van der Waals surface area contributed by atoms with Crippen molar-refractivity contribution in [3.63, 3.8) is 0 Å². The molecule has 2 aromatic heterocycles. The van der Waals surface area contributed by atoms with Gasteiger partial charge < -0.3 is 10.3 Å². The van der Waals surface area contributed by atoms with Gasteiger partial charge in [0, 0.05) is 30.4 Å². The average molecular weight is 280 g/mol. The van der Waals surface area contributed by atoms with E-state index in [0.717, 1.165) is 22.5 Å². The summed E-state index contributed by atoms with van der Waals surface area (Å²) in [6, 6.07) is 13.1. The number of anilines is 1. The number of hydrogen-bond donors (Lipinski definition) is 1. The number of hydrogen-bond acceptors (Lipinski definition) is 3. The van der Waals surface area contributed by atoms with Crippen LogP contribution < -0.4 is 11.3 Å². The standard InChI is InChI=1S/C16H16N4O/c1-11-15(12-8-9-19(2)14(21)10-12)18-20(16(11)17)13-6-4-3-5-7-13/h3-10H,17H2,1-2H3. The van der Waals surface area contributed by atoms with Gasteiger partial charge >= 0.3 is 0 Å². The summed E-state index contributed by atoms with van der Waals surface area (Å²) in [6.45, 7) is 1.91. The van der Waals surface area contributed by atoms with Crippen molar-refractivity contribution in [2.24, 2.45) is 7.05 Å². The molecule has 0 unspecified atom stereocenters. The molecule has 5 nitrogen and oxygen atoms in total. The molecule has 0 spiro atoms. The molecule has 0 aliphatic carbocycles. The van der Waals surface area contributed by atoms with Crippen LogP contribution in [0.4, 0.5) is 5.82 Å². The Hall–Kier alpha value is -2.82. The summed E-state index contributed by atoms with van der Waals surface area (Å²) >= 11 is 0. The van der Waals surface area contributed by atoms with Gasteiger partial charge in [-0.2, -0.15) is 5.10 Å². The van der Waals surface area contributed by atoms with Crippen LogP contribution in [0.25, 0.3) is 16.9 Å². The molecule has 1 aromatic carbocycles. The molecular formula is C16H16N4O. The van der Waals surface area contributed by atoms with E-state index in [2.05, 4.69) is 5.10 Å². The molecule has 0 fully saturated rings. The minimum atomic E-state index is -0.0697. The van der Waals surface area contributed by atoms with Crippen LogP contribution in [0, 0.1) is 6.92 Å². The van der Waals surface area contributed by atoms with Crippen molar-refractivity contribution in [2.45, 2.75) is 6.92 Å². The van der Waals surface area contributed by atoms with E-state index in [1.165, 1.54) is 4.57 Å². The summed E-state index contributed by atoms with van der Waals surface area (Å²) in [7, 11) is 1.72. The smallest absolute Gasteiger partial charge is 0.250 e. The van der Waals surface area contributed by atoms with Gasteiger partial charge in [-0.3, -0.25) is 4.79 Å². The molecule has 2 N–H and O–H groups in total. The summed E-state index contributed by atoms with van der Waals surface area (Å²) in [4.78, 5) is 11.8. The molecule has 0 saturated heterocycles. The lowest BCUT2D eigenvalue weighted by Gasteiger charge is -2.02. The first-order chi connectivity index (χ1) is 10.1. The van der Waals surface area contributed by atoms with Gasteiger partial charge in [-0.1, -0.05) is 18.2 Å². The Labute approximate surface area is 122 Å². The molecule has 0 radical (unpaired) electrons. The molecule has 3 aromatic rings. The average Bonchev–Trinajstić information content (AvgIpc) is 2.79. The summed E-state index contributed by atoms with van der Waals surface area (Å²) < 4.78 is 3.22. The molecule has 0 atom stereocenters. The van der Waals surface area contributed by atoms with Crippen LogP contribution in [0.1, 0.15) is 5.56 Å². The van der Waals surface area contributed by atoms with Crippen LogP contribution in [-0.2, 0) is 7.05 Å². The second-order valence-corrected chi connectivity index (χ2v) is 4.97. The fraction of sp³-hybridized carbons (Fsp3) is 0.125. The minimum Gasteiger partial charge on any atom is -0.383 e. The third kappa shape index (κ3) is 2.23. The van der Waals surface area contributed by atoms with Crippen LogP contribution in [0.2, 0.25) is 0 Å². The molecular weight excluding hydrogens is 264 g/mol. The number of para-hydroxylation sites is 1. The molecule has 2 heterocycles. The van der Waals surface area contributed by atoms with Crippen LogP contribution in [0.3, 0.4) is 0 Å². The third-order valence-corrected chi connectivity index (χ3v) is 3.55. The van der Waals surface area contributed by atoms with Crippen molar-refractivity contribution in [2.75, 3.05) is 5.73 Å². The van der Waals surface area contributed by atoms with E-state index in [4.69, 9.17) is 5.73 Å². The topological polar surface area (TPSA) is 65.8 Å². The highest BCUT2D eigenvalue weighted by Gasteiger charge is 2.15. The molecule has 21 heavy (non-hydrogen) atoms. The van der Waals surface area contributed by atoms with Gasteiger partial charge in [0.25, 0.3) is 5.56 Å². The molecule has 0 amide bonds. The zero-order chi connectivity index (χ0) is 15.0. The number of aryl methyl sites for hydroxylation is 1. The summed E-state index contributed by atoms with van der Waals surface area (Å²) in [5, 5.41) is 4.56. The molecule has 0 aliphatic rings. The van der Waals surface area contributed by atoms with Crippen molar-refractivity contribution in [1.82, 2.24) is 14.3 Å². The van der Waals surface area contributed by atoms with E-state index in [9.17, 15) is 4.79 Å². The highest BCUT2D eigenvalue weighted by molar-refractivity contribution is 5.68. The number of rotatable bonds is 2. The molecule has 0 aliphatic heterocycles. The van der Waals surface area contributed by atoms with Crippen molar-refractivity contribution >= 4 is 5.82 Å². The lowest BCUT2D eigenvalue weighted by Crippen LogP contribution is -2.14. The van der Waals surface area contributed by atoms with Crippen LogP contribution in [-0.4, -0.2) is 14.3 Å². The van der Waals surface area contributed by atoms with E-state index in [-0.39, 0.29) is 5.56 Å². The number of pyridine rings is 1. The summed E-state index contributed by atoms with van der Waals surface area (Å²) in [6.07, 6.45) is 1.73. The van der Waals surface area contributed by atoms with Gasteiger partial charge in [0.05, 0.1) is 11.4 Å². The Kier molecular flexibility index (Phi) is 3.10. The van der Waals surface area contributed by atoms with Crippen LogP contribution in [0.15, 0.2) is 53.5 Å². The van der Waals surface area contributed by atoms with Gasteiger partial charge in [-0.25, -0.2) is 4.68 Å². The van der Waals surface area contributed by atoms with Crippen molar-refractivity contribution < 1.29 is 0 Å². The Morgan fingerprint density at radius 2 is 1.86 bits per heavy atom. The maximum atomic E-state index is 11.8. The summed E-state index contributed by atoms with van der Waals surface area (Å²) in [5.74, 6) is 0.580. The van der Waals surface area contributed by atoms with Gasteiger partial charge in [-0.15, -0.1) is 0 Å². The predicted octanol–water partition coefficient (Wildman–Crippen LogP) is 2.13. The van der Waals surface area contributed by atoms with Crippen LogP contribution in [0.5, 0.6) is 0 Å². The second-order valence-electron chi connectivity index (χ2n) is 4.97. The summed E-state index contributed by atoms with van der Waals surface area (Å²) in [5.41, 5.74) is 9.36. The molecule has 3 rings (SSSR count). The quantitative estimate of drug-likeness (QED) is 0.782. The number of aromatic nitrogens is 3. The minimum absolute atomic E-state index is 0.0697. The molecule has 5 heteroatoms. The maximum Gasteiger partial charge on any atom is 0.250 e. The van der Waals surface area contributed by atoms with Gasteiger partial charge in [0.1, 0.15) is 5.82 Å². The Bertz CT molecular complexity index is 846. The third-order valence-electron chi connectivity index (χ3n) is 3.55. The van der Waals surface area contributed by atoms with Gasteiger partial charge in [0.2, 0.25) is 0 Å². The second kappa shape index (κ2) is 4.94. The Morgan fingerprint density at radius 3 is 2.52 bits per heavy atom. The lowest BCUT2D eigenvalue weighted by molar-refractivity contribution is 0.858. The van der Waals surface area contributed by atoms with E-state index in [0.29, 0.717) is 5.82 Å². The normalized spacial score (nSPS) is 10.8. The van der Waals surface area contributed by atoms with Crippen LogP contribution >= 0.6 is 0 Å². The number of nitrogens with zero attached hydrogens (tertiary/aromatic N) is 3. The first-order valence-corrected chi connectivity index (χ1v) is 6.65. The number of nitrogens with two attached hydrogens (primary N) is 1. The van der Waals surface area contributed by atoms with Crippen molar-refractivity contribution in [3.05, 3.63) is 64.6 Å². The fourth-order valence-corrected chi connectivity index (χ4v) is 2.25. The zero-order valence-corrected chi connectivity index (χ0v) is 11.9. The van der Waals surface area contributed by atoms with E-state index in [1.807, 2.05) is 43.3 Å². The highest BCUT2D eigenvalue weighted by atomic mass is 16.1. The molecule has 0 saturated carbocycles. The first kappa shape index (κ1) is 13.2. The monoisotopic (exact) mass is 280 g/mol. The molecule has 0 bridgehead atoms. The first-order valence-electron chi connectivity index (χ1n) is 6.65. The molecule has 106 valence electrons. The largest absolute Gasteiger partial charge is 0.383 e. The zero-order valence-electron chi connectivity index (χ0n) is 11.9. The van der Waals surface area contributed by atoms with Gasteiger partial charge in [0.15, 0.2) is 0 Å². The maximum absolute atomic E-state index is 11.8. The van der Waals surface area contributed by atoms with E-state index >= 15 is 0 Å². The van der Waals surface area contributed by atoms with E-state index < -0.39 is 0 Å². The Morgan fingerprint density at radius 1 is 1.14 bits per heavy atom. The Balaban J connectivity index is 2.17. The lowest BCUT2D eigenvalue weighted by atomic mass is 10.1. The highest BCUT2D eigenvalue weighted by Crippen LogP contribution is 2.27. The SMILES string of the molecule is Cc1c(-c2ccn(C)c(=O)c2)nn(-c2ccccc2)c1N. The number of benzene rings is 1. The predicted molar refractivity (Wildman–Crippen MR) is 83.4 cm³/mol. The van der Waals surface area contributed by atoms with Crippen molar-refractivity contribution in [1.29, 1.82) is 0 Å². The number of nitrogen functional groups attached to an aromatic ring is 1. The fourth-order valence-electron chi connectivity index (χ4n) is 2.25. The van der Waals surface area contributed by atoms with Gasteiger partial charge in [-0.05, 0) is 25.1 Å². The van der Waals surface area contributed by atoms with E-state index in [1.54, 1.807) is 24.0 Å².